The molecule has 0 amide bonds. The van der Waals surface area contributed by atoms with Gasteiger partial charge in [0.05, 0.1) is 16.7 Å². The molecule has 0 saturated carbocycles. The normalized spacial score (nSPS) is 14.5. The van der Waals surface area contributed by atoms with E-state index in [9.17, 15) is 10.2 Å². The van der Waals surface area contributed by atoms with Crippen LogP contribution in [-0.2, 0) is 6.42 Å². The average molecular weight is 201 g/mol. The lowest BCUT2D eigenvalue weighted by atomic mass is 10.00. The van der Waals surface area contributed by atoms with Gasteiger partial charge in [0.25, 0.3) is 0 Å². The number of aliphatic hydroxyl groups is 2. The SMILES string of the molecule is Cc1csc(CC(O)C(C)(C)O)n1. The molecule has 0 radical (unpaired) electrons. The fraction of sp³-hybridized carbons (Fsp3) is 0.667. The van der Waals surface area contributed by atoms with Crippen molar-refractivity contribution in [3.63, 3.8) is 0 Å². The van der Waals surface area contributed by atoms with Gasteiger partial charge in [-0.2, -0.15) is 0 Å². The van der Waals surface area contributed by atoms with E-state index in [1.165, 1.54) is 11.3 Å². The van der Waals surface area contributed by atoms with E-state index in [0.29, 0.717) is 6.42 Å². The minimum absolute atomic E-state index is 0.419. The predicted octanol–water partition coefficient (Wildman–Crippen LogP) is 1.13. The van der Waals surface area contributed by atoms with E-state index in [4.69, 9.17) is 0 Å². The lowest BCUT2D eigenvalue weighted by molar-refractivity contribution is -0.0469. The Morgan fingerprint density at radius 3 is 2.62 bits per heavy atom. The summed E-state index contributed by atoms with van der Waals surface area (Å²) in [5, 5.41) is 21.9. The summed E-state index contributed by atoms with van der Waals surface area (Å²) in [6, 6.07) is 0. The van der Waals surface area contributed by atoms with Gasteiger partial charge in [-0.25, -0.2) is 4.98 Å². The van der Waals surface area contributed by atoms with Crippen molar-refractivity contribution in [2.45, 2.75) is 38.9 Å². The molecule has 4 heteroatoms. The Morgan fingerprint density at radius 1 is 1.62 bits per heavy atom. The van der Waals surface area contributed by atoms with Crippen LogP contribution in [-0.4, -0.2) is 26.9 Å². The zero-order chi connectivity index (χ0) is 10.1. The van der Waals surface area contributed by atoms with Crippen LogP contribution >= 0.6 is 11.3 Å². The molecule has 0 bridgehead atoms. The van der Waals surface area contributed by atoms with E-state index >= 15 is 0 Å². The number of hydrogen-bond donors (Lipinski definition) is 2. The second-order valence-corrected chi connectivity index (χ2v) is 4.70. The van der Waals surface area contributed by atoms with Crippen LogP contribution in [0.1, 0.15) is 24.5 Å². The third-order valence-corrected chi connectivity index (χ3v) is 2.84. The number of hydrogen-bond acceptors (Lipinski definition) is 4. The van der Waals surface area contributed by atoms with Crippen molar-refractivity contribution in [1.82, 2.24) is 4.98 Å². The van der Waals surface area contributed by atoms with Gasteiger partial charge < -0.3 is 10.2 Å². The van der Waals surface area contributed by atoms with E-state index in [1.807, 2.05) is 12.3 Å². The summed E-state index contributed by atoms with van der Waals surface area (Å²) in [6.45, 7) is 5.10. The summed E-state index contributed by atoms with van der Waals surface area (Å²) in [6.07, 6.45) is -0.333. The van der Waals surface area contributed by atoms with E-state index < -0.39 is 11.7 Å². The first kappa shape index (κ1) is 10.6. The Morgan fingerprint density at radius 2 is 2.23 bits per heavy atom. The molecule has 1 atom stereocenters. The largest absolute Gasteiger partial charge is 0.390 e. The Kier molecular flexibility index (Phi) is 3.05. The van der Waals surface area contributed by atoms with Crippen molar-refractivity contribution in [1.29, 1.82) is 0 Å². The molecule has 74 valence electrons. The Bertz CT molecular complexity index is 277. The Balaban J connectivity index is 2.60. The Labute approximate surface area is 82.1 Å². The van der Waals surface area contributed by atoms with E-state index in [2.05, 4.69) is 4.98 Å². The highest BCUT2D eigenvalue weighted by Crippen LogP contribution is 2.16. The fourth-order valence-corrected chi connectivity index (χ4v) is 1.72. The maximum Gasteiger partial charge on any atom is 0.0955 e. The number of aromatic nitrogens is 1. The molecule has 1 aromatic rings. The molecule has 2 N–H and O–H groups in total. The van der Waals surface area contributed by atoms with Crippen LogP contribution in [0.25, 0.3) is 0 Å². The fourth-order valence-electron chi connectivity index (χ4n) is 0.912. The molecule has 1 rings (SSSR count). The molecule has 13 heavy (non-hydrogen) atoms. The lowest BCUT2D eigenvalue weighted by Crippen LogP contribution is -2.37. The first-order valence-corrected chi connectivity index (χ1v) is 5.09. The molecule has 0 aliphatic rings. The van der Waals surface area contributed by atoms with Crippen LogP contribution in [0.2, 0.25) is 0 Å². The van der Waals surface area contributed by atoms with Crippen molar-refractivity contribution >= 4 is 11.3 Å². The summed E-state index contributed by atoms with van der Waals surface area (Å²) >= 11 is 1.51. The van der Waals surface area contributed by atoms with Gasteiger partial charge in [-0.1, -0.05) is 0 Å². The number of aliphatic hydroxyl groups excluding tert-OH is 1. The van der Waals surface area contributed by atoms with Gasteiger partial charge in [0.15, 0.2) is 0 Å². The molecule has 1 aromatic heterocycles. The quantitative estimate of drug-likeness (QED) is 0.770. The van der Waals surface area contributed by atoms with Crippen molar-refractivity contribution in [3.8, 4) is 0 Å². The molecule has 0 aliphatic carbocycles. The van der Waals surface area contributed by atoms with E-state index in [1.54, 1.807) is 13.8 Å². The van der Waals surface area contributed by atoms with Crippen LogP contribution in [0.4, 0.5) is 0 Å². The summed E-state index contributed by atoms with van der Waals surface area (Å²) < 4.78 is 0. The smallest absolute Gasteiger partial charge is 0.0955 e. The van der Waals surface area contributed by atoms with Gasteiger partial charge in [-0.15, -0.1) is 11.3 Å². The van der Waals surface area contributed by atoms with E-state index in [-0.39, 0.29) is 0 Å². The number of nitrogens with zero attached hydrogens (tertiary/aromatic N) is 1. The van der Waals surface area contributed by atoms with Gasteiger partial charge in [0, 0.05) is 17.5 Å². The molecular weight excluding hydrogens is 186 g/mol. The Hall–Kier alpha value is -0.450. The lowest BCUT2D eigenvalue weighted by Gasteiger charge is -2.23. The third kappa shape index (κ3) is 3.06. The van der Waals surface area contributed by atoms with Crippen molar-refractivity contribution < 1.29 is 10.2 Å². The summed E-state index contributed by atoms with van der Waals surface area (Å²) in [7, 11) is 0. The second-order valence-electron chi connectivity index (χ2n) is 3.76. The third-order valence-electron chi connectivity index (χ3n) is 1.85. The van der Waals surface area contributed by atoms with Gasteiger partial charge in [-0.05, 0) is 20.8 Å². The van der Waals surface area contributed by atoms with Crippen molar-refractivity contribution in [2.24, 2.45) is 0 Å². The van der Waals surface area contributed by atoms with Crippen LogP contribution < -0.4 is 0 Å². The van der Waals surface area contributed by atoms with Gasteiger partial charge in [0.2, 0.25) is 0 Å². The predicted molar refractivity (Wildman–Crippen MR) is 52.9 cm³/mol. The van der Waals surface area contributed by atoms with Crippen LogP contribution in [0.5, 0.6) is 0 Å². The van der Waals surface area contributed by atoms with E-state index in [0.717, 1.165) is 10.7 Å². The topological polar surface area (TPSA) is 53.4 Å². The highest BCUT2D eigenvalue weighted by atomic mass is 32.1. The number of thiazole rings is 1. The second kappa shape index (κ2) is 3.74. The first-order chi connectivity index (χ1) is 5.89. The zero-order valence-corrected chi connectivity index (χ0v) is 8.93. The minimum Gasteiger partial charge on any atom is -0.390 e. The maximum atomic E-state index is 9.57. The molecule has 0 aromatic carbocycles. The molecule has 0 saturated heterocycles. The minimum atomic E-state index is -1.06. The first-order valence-electron chi connectivity index (χ1n) is 4.21. The van der Waals surface area contributed by atoms with Crippen molar-refractivity contribution in [2.75, 3.05) is 0 Å². The zero-order valence-electron chi connectivity index (χ0n) is 8.11. The van der Waals surface area contributed by atoms with Crippen LogP contribution in [0, 0.1) is 6.92 Å². The standard InChI is InChI=1S/C9H15NO2S/c1-6-5-13-8(10-6)4-7(11)9(2,3)12/h5,7,11-12H,4H2,1-3H3. The monoisotopic (exact) mass is 201 g/mol. The van der Waals surface area contributed by atoms with Gasteiger partial charge in [-0.3, -0.25) is 0 Å². The molecule has 0 fully saturated rings. The number of aryl methyl sites for hydroxylation is 1. The highest BCUT2D eigenvalue weighted by molar-refractivity contribution is 7.09. The molecule has 0 aliphatic heterocycles. The van der Waals surface area contributed by atoms with Gasteiger partial charge in [0.1, 0.15) is 0 Å². The maximum absolute atomic E-state index is 9.57. The summed E-state index contributed by atoms with van der Waals surface area (Å²) in [5.74, 6) is 0. The van der Waals surface area contributed by atoms with Gasteiger partial charge >= 0.3 is 0 Å². The van der Waals surface area contributed by atoms with Crippen LogP contribution in [0.15, 0.2) is 5.38 Å². The summed E-state index contributed by atoms with van der Waals surface area (Å²) in [5.41, 5.74) is -0.0949. The molecule has 3 nitrogen and oxygen atoms in total. The number of rotatable bonds is 3. The van der Waals surface area contributed by atoms with Crippen LogP contribution in [0.3, 0.4) is 0 Å². The highest BCUT2D eigenvalue weighted by Gasteiger charge is 2.25. The molecule has 1 unspecified atom stereocenters. The molecule has 1 heterocycles. The molecule has 0 spiro atoms. The molecular formula is C9H15NO2S. The average Bonchev–Trinajstić information content (AvgIpc) is 2.33. The summed E-state index contributed by atoms with van der Waals surface area (Å²) in [4.78, 5) is 4.21. The van der Waals surface area contributed by atoms with Crippen molar-refractivity contribution in [3.05, 3.63) is 16.1 Å².